The Kier molecular flexibility index (Phi) is 8.45. The van der Waals surface area contributed by atoms with Crippen LogP contribution < -0.4 is 19.5 Å². The molecule has 0 bridgehead atoms. The largest absolute Gasteiger partial charge is 0.514 e. The predicted molar refractivity (Wildman–Crippen MR) is 184 cm³/mol. The van der Waals surface area contributed by atoms with Gasteiger partial charge in [-0.3, -0.25) is 14.4 Å². The maximum absolute atomic E-state index is 14.7. The minimum absolute atomic E-state index is 0.0417. The van der Waals surface area contributed by atoms with Crippen molar-refractivity contribution in [3.8, 4) is 17.4 Å². The quantitative estimate of drug-likeness (QED) is 0.105. The highest BCUT2D eigenvalue weighted by atomic mass is 16.7. The number of nitrogens with zero attached hydrogens (tertiary/aromatic N) is 1. The van der Waals surface area contributed by atoms with Crippen LogP contribution in [0.5, 0.6) is 17.4 Å². The average molecular weight is 695 g/mol. The number of Topliss-reactive ketones (excluding diaryl/α,β-unsaturated/α-hetero) is 2. The van der Waals surface area contributed by atoms with E-state index >= 15 is 0 Å². The van der Waals surface area contributed by atoms with Crippen LogP contribution in [0, 0.1) is 11.8 Å². The summed E-state index contributed by atoms with van der Waals surface area (Å²) < 4.78 is 34.9. The van der Waals surface area contributed by atoms with Gasteiger partial charge in [0.2, 0.25) is 11.4 Å². The average Bonchev–Trinajstić information content (AvgIpc) is 3.72. The molecule has 264 valence electrons. The molecule has 12 heteroatoms. The van der Waals surface area contributed by atoms with Gasteiger partial charge in [0, 0.05) is 39.8 Å². The molecule has 0 saturated carbocycles. The van der Waals surface area contributed by atoms with Crippen LogP contribution in [0.25, 0.3) is 10.8 Å². The fraction of sp³-hybridized carbons (Fsp3) is 0.359. The Labute approximate surface area is 294 Å². The Morgan fingerprint density at radius 1 is 1.04 bits per heavy atom. The van der Waals surface area contributed by atoms with Gasteiger partial charge in [0.15, 0.2) is 23.1 Å². The van der Waals surface area contributed by atoms with E-state index in [0.29, 0.717) is 70.3 Å². The Morgan fingerprint density at radius 2 is 1.78 bits per heavy atom. The lowest BCUT2D eigenvalue weighted by molar-refractivity contribution is 0.0207. The van der Waals surface area contributed by atoms with Crippen LogP contribution in [0.15, 0.2) is 64.4 Å². The fourth-order valence-electron chi connectivity index (χ4n) is 7.49. The molecule has 1 N–H and O–H groups in total. The highest BCUT2D eigenvalue weighted by Gasteiger charge is 2.72. The van der Waals surface area contributed by atoms with Gasteiger partial charge in [-0.25, -0.2) is 4.79 Å². The summed E-state index contributed by atoms with van der Waals surface area (Å²) in [5.74, 6) is -0.148. The molecule has 0 radical (unpaired) electrons. The van der Waals surface area contributed by atoms with Crippen molar-refractivity contribution >= 4 is 34.8 Å². The molecule has 3 atom stereocenters. The Balaban J connectivity index is 0.00000131. The van der Waals surface area contributed by atoms with Crippen molar-refractivity contribution in [3.05, 3.63) is 93.4 Å². The summed E-state index contributed by atoms with van der Waals surface area (Å²) in [5, 5.41) is 7.74. The van der Waals surface area contributed by atoms with Gasteiger partial charge in [-0.1, -0.05) is 36.4 Å². The van der Waals surface area contributed by atoms with Gasteiger partial charge in [-0.05, 0) is 76.5 Å². The molecule has 0 unspecified atom stereocenters. The Hall–Kier alpha value is -5.49. The fourth-order valence-corrected chi connectivity index (χ4v) is 7.49. The molecule has 1 spiro atoms. The first-order valence-corrected chi connectivity index (χ1v) is 16.7. The molecule has 4 aliphatic rings. The number of carbonyl (C=O) groups is 4. The SMILES string of the molecule is CNC.COc1c2c(c(OC(=O)OC(C)(C)C)c3cc(C=O)ccc13)C(=O)C1=C3O[C@]34C(=O)c3c(OCc5ccccc5)noc3C[C@@H]4C[C@@H]1C2. The highest BCUT2D eigenvalue weighted by Crippen LogP contribution is 2.63. The number of carbonyl (C=O) groups excluding carboxylic acids is 4. The maximum atomic E-state index is 14.7. The van der Waals surface area contributed by atoms with Gasteiger partial charge in [-0.15, -0.1) is 0 Å². The van der Waals surface area contributed by atoms with Crippen LogP contribution in [0.3, 0.4) is 0 Å². The number of aromatic nitrogens is 1. The van der Waals surface area contributed by atoms with E-state index in [0.717, 1.165) is 5.56 Å². The number of epoxide rings is 1. The zero-order valence-electron chi connectivity index (χ0n) is 29.2. The molecule has 1 fully saturated rings. The van der Waals surface area contributed by atoms with E-state index in [9.17, 15) is 19.2 Å². The summed E-state index contributed by atoms with van der Waals surface area (Å²) >= 11 is 0. The molecular weight excluding hydrogens is 656 g/mol. The molecule has 1 aliphatic heterocycles. The maximum Gasteiger partial charge on any atom is 0.514 e. The van der Waals surface area contributed by atoms with Gasteiger partial charge < -0.3 is 33.5 Å². The number of hydrogen-bond donors (Lipinski definition) is 1. The van der Waals surface area contributed by atoms with Crippen molar-refractivity contribution in [1.82, 2.24) is 10.5 Å². The van der Waals surface area contributed by atoms with Gasteiger partial charge in [0.25, 0.3) is 5.88 Å². The van der Waals surface area contributed by atoms with Crippen molar-refractivity contribution in [2.24, 2.45) is 11.8 Å². The molecule has 2 heterocycles. The summed E-state index contributed by atoms with van der Waals surface area (Å²) in [5.41, 5.74) is 0.272. The number of ketones is 2. The number of nitrogens with one attached hydrogen (secondary N) is 1. The lowest BCUT2D eigenvalue weighted by Crippen LogP contribution is -2.44. The number of methoxy groups -OCH3 is 1. The lowest BCUT2D eigenvalue weighted by atomic mass is 9.63. The van der Waals surface area contributed by atoms with E-state index in [1.807, 2.05) is 44.4 Å². The molecule has 3 aliphatic carbocycles. The van der Waals surface area contributed by atoms with Crippen molar-refractivity contribution < 1.29 is 47.4 Å². The van der Waals surface area contributed by atoms with Crippen molar-refractivity contribution in [2.45, 2.75) is 57.8 Å². The number of allylic oxidation sites excluding steroid dienone is 1. The van der Waals surface area contributed by atoms with E-state index in [2.05, 4.69) is 10.5 Å². The van der Waals surface area contributed by atoms with E-state index in [1.165, 1.54) is 7.11 Å². The number of rotatable bonds is 6. The Bertz CT molecular complexity index is 2130. The lowest BCUT2D eigenvalue weighted by Gasteiger charge is -2.36. The summed E-state index contributed by atoms with van der Waals surface area (Å²) in [6, 6.07) is 14.4. The molecule has 1 saturated heterocycles. The second-order valence-corrected chi connectivity index (χ2v) is 14.0. The van der Waals surface area contributed by atoms with E-state index in [-0.39, 0.29) is 47.0 Å². The van der Waals surface area contributed by atoms with Crippen LogP contribution in [0.1, 0.15) is 75.2 Å². The topological polar surface area (TPSA) is 156 Å². The molecule has 51 heavy (non-hydrogen) atoms. The zero-order chi connectivity index (χ0) is 36.2. The predicted octanol–water partition coefficient (Wildman–Crippen LogP) is 6.21. The summed E-state index contributed by atoms with van der Waals surface area (Å²) in [6.07, 6.45) is 0.864. The van der Waals surface area contributed by atoms with Gasteiger partial charge >= 0.3 is 6.16 Å². The minimum atomic E-state index is -1.33. The number of ether oxygens (including phenoxy) is 5. The molecule has 4 aromatic rings. The molecular formula is C39H38N2O10. The standard InChI is InChI=1S/C37H31NO10.C2H7N/c1-36(2,3)47-35(42)45-31-23-12-19(16-39)10-11-22(23)30(43-4)24-14-20-13-21-15-25-28(34(38-48-25)44-17-18-8-6-5-7-9-18)32(41)37(21)33(46-37)26(20)29(40)27(24)31;1-3-2/h5-12,16,20-21H,13-15,17H2,1-4H3;3H,1-2H3/t20-,21+,37-;/m1./s1. The normalized spacial score (nSPS) is 21.1. The monoisotopic (exact) mass is 694 g/mol. The molecule has 8 rings (SSSR count). The zero-order valence-corrected chi connectivity index (χ0v) is 29.2. The van der Waals surface area contributed by atoms with Gasteiger partial charge in [-0.2, -0.15) is 0 Å². The van der Waals surface area contributed by atoms with Crippen molar-refractivity contribution in [1.29, 1.82) is 0 Å². The van der Waals surface area contributed by atoms with E-state index in [1.54, 1.807) is 39.0 Å². The van der Waals surface area contributed by atoms with Crippen LogP contribution in [-0.4, -0.2) is 61.6 Å². The Morgan fingerprint density at radius 3 is 2.47 bits per heavy atom. The van der Waals surface area contributed by atoms with E-state index in [4.69, 9.17) is 28.2 Å². The summed E-state index contributed by atoms with van der Waals surface area (Å²) in [4.78, 5) is 53.8. The third-order valence-electron chi connectivity index (χ3n) is 9.47. The minimum Gasteiger partial charge on any atom is -0.496 e. The van der Waals surface area contributed by atoms with Crippen LogP contribution in [0.4, 0.5) is 4.79 Å². The smallest absolute Gasteiger partial charge is 0.496 e. The third kappa shape index (κ3) is 5.63. The number of aldehydes is 1. The number of fused-ring (bicyclic) bond motifs is 4. The first-order chi connectivity index (χ1) is 24.4. The molecule has 0 amide bonds. The first kappa shape index (κ1) is 34.0. The second-order valence-electron chi connectivity index (χ2n) is 14.0. The molecule has 12 nitrogen and oxygen atoms in total. The number of hydrogen-bond acceptors (Lipinski definition) is 12. The first-order valence-electron chi connectivity index (χ1n) is 16.7. The van der Waals surface area contributed by atoms with Crippen molar-refractivity contribution in [2.75, 3.05) is 21.2 Å². The molecule has 1 aromatic heterocycles. The van der Waals surface area contributed by atoms with Crippen LogP contribution in [0.2, 0.25) is 0 Å². The van der Waals surface area contributed by atoms with Crippen LogP contribution in [-0.2, 0) is 28.9 Å². The van der Waals surface area contributed by atoms with Crippen LogP contribution >= 0.6 is 0 Å². The van der Waals surface area contributed by atoms with Gasteiger partial charge in [0.05, 0.1) is 12.7 Å². The summed E-state index contributed by atoms with van der Waals surface area (Å²) in [6.45, 7) is 5.29. The van der Waals surface area contributed by atoms with Gasteiger partial charge in [0.1, 0.15) is 29.8 Å². The van der Waals surface area contributed by atoms with Crippen molar-refractivity contribution in [3.63, 3.8) is 0 Å². The third-order valence-corrected chi connectivity index (χ3v) is 9.47. The van der Waals surface area contributed by atoms with E-state index < -0.39 is 23.1 Å². The summed E-state index contributed by atoms with van der Waals surface area (Å²) in [7, 11) is 5.26. The number of benzene rings is 3. The second kappa shape index (κ2) is 12.7. The molecule has 3 aromatic carbocycles. The highest BCUT2D eigenvalue weighted by molar-refractivity contribution is 6.20.